The topological polar surface area (TPSA) is 77.0 Å². The van der Waals surface area contributed by atoms with Crippen molar-refractivity contribution in [2.75, 3.05) is 34.0 Å². The molecule has 1 aromatic rings. The summed E-state index contributed by atoms with van der Waals surface area (Å²) in [7, 11) is 3.16. The third-order valence-electron chi connectivity index (χ3n) is 2.64. The molecule has 6 heteroatoms. The van der Waals surface area contributed by atoms with Crippen LogP contribution in [0.1, 0.15) is 12.0 Å². The molecule has 2 N–H and O–H groups in total. The molecular formula is C14H21NO5. The zero-order valence-corrected chi connectivity index (χ0v) is 11.8. The van der Waals surface area contributed by atoms with Crippen LogP contribution in [0.15, 0.2) is 18.2 Å². The highest BCUT2D eigenvalue weighted by atomic mass is 16.5. The van der Waals surface area contributed by atoms with E-state index in [1.165, 1.54) is 0 Å². The molecule has 1 amide bonds. The first-order valence-corrected chi connectivity index (χ1v) is 6.37. The molecule has 0 aliphatic carbocycles. The Kier molecular flexibility index (Phi) is 7.46. The Morgan fingerprint density at radius 1 is 1.35 bits per heavy atom. The van der Waals surface area contributed by atoms with Crippen LogP contribution >= 0.6 is 0 Å². The molecule has 0 radical (unpaired) electrons. The van der Waals surface area contributed by atoms with Gasteiger partial charge in [0.25, 0.3) is 5.91 Å². The van der Waals surface area contributed by atoms with Crippen molar-refractivity contribution >= 4 is 5.91 Å². The van der Waals surface area contributed by atoms with Gasteiger partial charge in [-0.05, 0) is 24.6 Å². The van der Waals surface area contributed by atoms with Gasteiger partial charge in [0.15, 0.2) is 6.61 Å². The van der Waals surface area contributed by atoms with Gasteiger partial charge in [-0.3, -0.25) is 4.79 Å². The van der Waals surface area contributed by atoms with Gasteiger partial charge in [-0.25, -0.2) is 0 Å². The minimum atomic E-state index is -0.208. The highest BCUT2D eigenvalue weighted by Gasteiger charge is 2.07. The van der Waals surface area contributed by atoms with Crippen molar-refractivity contribution in [3.05, 3.63) is 23.8 Å². The molecule has 0 atom stereocenters. The fourth-order valence-electron chi connectivity index (χ4n) is 1.59. The number of nitrogens with one attached hydrogen (secondary N) is 1. The lowest BCUT2D eigenvalue weighted by atomic mass is 10.2. The molecule has 0 saturated carbocycles. The molecule has 1 aromatic carbocycles. The summed E-state index contributed by atoms with van der Waals surface area (Å²) in [6, 6.07) is 5.05. The fourth-order valence-corrected chi connectivity index (χ4v) is 1.59. The Labute approximate surface area is 118 Å². The van der Waals surface area contributed by atoms with Gasteiger partial charge >= 0.3 is 0 Å². The summed E-state index contributed by atoms with van der Waals surface area (Å²) in [5.74, 6) is 0.895. The molecule has 0 aliphatic heterocycles. The van der Waals surface area contributed by atoms with Crippen LogP contribution < -0.4 is 14.8 Å². The second kappa shape index (κ2) is 9.17. The van der Waals surface area contributed by atoms with E-state index in [1.54, 1.807) is 32.4 Å². The van der Waals surface area contributed by atoms with E-state index in [9.17, 15) is 9.90 Å². The van der Waals surface area contributed by atoms with E-state index < -0.39 is 0 Å². The van der Waals surface area contributed by atoms with Crippen LogP contribution in [0.25, 0.3) is 0 Å². The second-order valence-electron chi connectivity index (χ2n) is 4.12. The average molecular weight is 283 g/mol. The molecule has 0 spiro atoms. The number of methoxy groups -OCH3 is 2. The minimum Gasteiger partial charge on any atom is -0.497 e. The predicted octanol–water partition coefficient (Wildman–Crippen LogP) is 0.719. The van der Waals surface area contributed by atoms with Gasteiger partial charge in [-0.1, -0.05) is 0 Å². The van der Waals surface area contributed by atoms with Crippen LogP contribution in [0.4, 0.5) is 0 Å². The van der Waals surface area contributed by atoms with Crippen LogP contribution in [0.2, 0.25) is 0 Å². The zero-order chi connectivity index (χ0) is 14.8. The lowest BCUT2D eigenvalue weighted by Gasteiger charge is -2.11. The fraction of sp³-hybridized carbons (Fsp3) is 0.500. The van der Waals surface area contributed by atoms with Gasteiger partial charge in [-0.15, -0.1) is 0 Å². The van der Waals surface area contributed by atoms with E-state index in [0.717, 1.165) is 6.42 Å². The van der Waals surface area contributed by atoms with Crippen molar-refractivity contribution in [1.82, 2.24) is 5.32 Å². The van der Waals surface area contributed by atoms with E-state index in [4.69, 9.17) is 14.2 Å². The first kappa shape index (κ1) is 16.3. The monoisotopic (exact) mass is 283 g/mol. The van der Waals surface area contributed by atoms with Crippen molar-refractivity contribution in [3.63, 3.8) is 0 Å². The summed E-state index contributed by atoms with van der Waals surface area (Å²) < 4.78 is 15.3. The summed E-state index contributed by atoms with van der Waals surface area (Å²) in [6.45, 7) is 0.883. The van der Waals surface area contributed by atoms with Crippen LogP contribution in [0.5, 0.6) is 11.5 Å². The molecule has 0 unspecified atom stereocenters. The summed E-state index contributed by atoms with van der Waals surface area (Å²) >= 11 is 0. The van der Waals surface area contributed by atoms with Crippen LogP contribution in [0, 0.1) is 0 Å². The number of benzene rings is 1. The summed E-state index contributed by atoms with van der Waals surface area (Å²) in [5.41, 5.74) is 0.580. The molecule has 112 valence electrons. The third-order valence-corrected chi connectivity index (χ3v) is 2.64. The number of rotatable bonds is 9. The van der Waals surface area contributed by atoms with Crippen LogP contribution in [-0.2, 0) is 16.1 Å². The van der Waals surface area contributed by atoms with Crippen molar-refractivity contribution in [3.8, 4) is 11.5 Å². The number of hydrogen-bond acceptors (Lipinski definition) is 5. The van der Waals surface area contributed by atoms with E-state index in [-0.39, 0.29) is 19.1 Å². The maximum absolute atomic E-state index is 11.5. The van der Waals surface area contributed by atoms with Gasteiger partial charge in [0.2, 0.25) is 0 Å². The lowest BCUT2D eigenvalue weighted by Crippen LogP contribution is -2.30. The number of carbonyl (C=O) groups is 1. The number of ether oxygens (including phenoxy) is 3. The van der Waals surface area contributed by atoms with Gasteiger partial charge in [0, 0.05) is 25.8 Å². The summed E-state index contributed by atoms with van der Waals surface area (Å²) in [4.78, 5) is 11.5. The number of hydrogen-bond donors (Lipinski definition) is 2. The molecule has 0 aliphatic rings. The minimum absolute atomic E-state index is 0.0910. The Bertz CT molecular complexity index is 422. The van der Waals surface area contributed by atoms with Crippen molar-refractivity contribution < 1.29 is 24.1 Å². The smallest absolute Gasteiger partial charge is 0.257 e. The molecular weight excluding hydrogens is 262 g/mol. The SMILES string of the molecule is COCCCNC(=O)COc1ccc(OC)cc1CO. The normalized spacial score (nSPS) is 10.2. The van der Waals surface area contributed by atoms with Crippen molar-refractivity contribution in [1.29, 1.82) is 0 Å². The Morgan fingerprint density at radius 3 is 2.80 bits per heavy atom. The Hall–Kier alpha value is -1.79. The predicted molar refractivity (Wildman–Crippen MR) is 73.9 cm³/mol. The summed E-state index contributed by atoms with van der Waals surface area (Å²) in [5, 5.41) is 12.0. The van der Waals surface area contributed by atoms with Crippen LogP contribution in [0.3, 0.4) is 0 Å². The van der Waals surface area contributed by atoms with Crippen LogP contribution in [-0.4, -0.2) is 45.0 Å². The maximum Gasteiger partial charge on any atom is 0.257 e. The van der Waals surface area contributed by atoms with E-state index in [1.807, 2.05) is 0 Å². The highest BCUT2D eigenvalue weighted by molar-refractivity contribution is 5.77. The van der Waals surface area contributed by atoms with E-state index in [2.05, 4.69) is 5.32 Å². The second-order valence-corrected chi connectivity index (χ2v) is 4.12. The van der Waals surface area contributed by atoms with Gasteiger partial charge < -0.3 is 24.6 Å². The van der Waals surface area contributed by atoms with Gasteiger partial charge in [-0.2, -0.15) is 0 Å². The van der Waals surface area contributed by atoms with Gasteiger partial charge in [0.05, 0.1) is 13.7 Å². The highest BCUT2D eigenvalue weighted by Crippen LogP contribution is 2.24. The number of amides is 1. The Balaban J connectivity index is 2.42. The molecule has 0 fully saturated rings. The third kappa shape index (κ3) is 5.46. The quantitative estimate of drug-likeness (QED) is 0.653. The maximum atomic E-state index is 11.5. The largest absolute Gasteiger partial charge is 0.497 e. The standard InChI is InChI=1S/C14H21NO5/c1-18-7-3-6-15-14(17)10-20-13-5-4-12(19-2)8-11(13)9-16/h4-5,8,16H,3,6-7,9-10H2,1-2H3,(H,15,17). The molecule has 0 bridgehead atoms. The number of aliphatic hydroxyl groups is 1. The van der Waals surface area contributed by atoms with Gasteiger partial charge in [0.1, 0.15) is 11.5 Å². The van der Waals surface area contributed by atoms with E-state index in [0.29, 0.717) is 30.2 Å². The molecule has 0 heterocycles. The van der Waals surface area contributed by atoms with Crippen molar-refractivity contribution in [2.45, 2.75) is 13.0 Å². The first-order valence-electron chi connectivity index (χ1n) is 6.37. The average Bonchev–Trinajstić information content (AvgIpc) is 2.49. The Morgan fingerprint density at radius 2 is 2.15 bits per heavy atom. The molecule has 1 rings (SSSR count). The lowest BCUT2D eigenvalue weighted by molar-refractivity contribution is -0.123. The van der Waals surface area contributed by atoms with E-state index >= 15 is 0 Å². The van der Waals surface area contributed by atoms with Crippen molar-refractivity contribution in [2.24, 2.45) is 0 Å². The zero-order valence-electron chi connectivity index (χ0n) is 11.8. The molecule has 0 aromatic heterocycles. The summed E-state index contributed by atoms with van der Waals surface area (Å²) in [6.07, 6.45) is 0.757. The molecule has 6 nitrogen and oxygen atoms in total. The number of carbonyl (C=O) groups excluding carboxylic acids is 1. The number of aliphatic hydroxyl groups excluding tert-OH is 1. The first-order chi connectivity index (χ1) is 9.71. The molecule has 0 saturated heterocycles. The molecule has 20 heavy (non-hydrogen) atoms.